The van der Waals surface area contributed by atoms with Crippen molar-refractivity contribution in [2.45, 2.75) is 18.6 Å². The largest absolute Gasteiger partial charge is 0.390 e. The van der Waals surface area contributed by atoms with E-state index >= 15 is 0 Å². The second kappa shape index (κ2) is 6.00. The summed E-state index contributed by atoms with van der Waals surface area (Å²) in [6.07, 6.45) is -2.92. The fourth-order valence-electron chi connectivity index (χ4n) is 1.48. The first kappa shape index (κ1) is 14.0. The van der Waals surface area contributed by atoms with Crippen LogP contribution in [0, 0.1) is 17.5 Å². The minimum atomic E-state index is -1.72. The molecule has 3 nitrogen and oxygen atoms in total. The van der Waals surface area contributed by atoms with Crippen LogP contribution >= 0.6 is 0 Å². The van der Waals surface area contributed by atoms with Gasteiger partial charge in [-0.2, -0.15) is 0 Å². The molecule has 0 aromatic heterocycles. The summed E-state index contributed by atoms with van der Waals surface area (Å²) in [5, 5.41) is 21.8. The first-order valence-corrected chi connectivity index (χ1v) is 5.12. The van der Waals surface area contributed by atoms with E-state index < -0.39 is 35.2 Å². The number of halogens is 3. The van der Waals surface area contributed by atoms with E-state index in [0.717, 1.165) is 0 Å². The normalized spacial score (nSPS) is 14.7. The molecule has 2 unspecified atom stereocenters. The Kier molecular flexibility index (Phi) is 4.92. The average Bonchev–Trinajstić information content (AvgIpc) is 2.24. The molecular weight excluding hydrogens is 235 g/mol. The van der Waals surface area contributed by atoms with E-state index in [-0.39, 0.29) is 6.42 Å². The lowest BCUT2D eigenvalue weighted by atomic mass is 10.0. The van der Waals surface area contributed by atoms with Crippen molar-refractivity contribution in [1.82, 2.24) is 5.32 Å². The molecule has 6 heteroatoms. The van der Waals surface area contributed by atoms with Crippen molar-refractivity contribution in [2.75, 3.05) is 13.6 Å². The lowest BCUT2D eigenvalue weighted by molar-refractivity contribution is 0.00973. The molecule has 0 aliphatic rings. The molecule has 2 atom stereocenters. The van der Waals surface area contributed by atoms with E-state index in [9.17, 15) is 23.4 Å². The molecular formula is C11H14F3NO2. The van der Waals surface area contributed by atoms with Crippen molar-refractivity contribution >= 4 is 0 Å². The molecule has 0 saturated carbocycles. The van der Waals surface area contributed by atoms with E-state index in [1.54, 1.807) is 7.05 Å². The number of aliphatic hydroxyl groups is 2. The van der Waals surface area contributed by atoms with E-state index in [1.807, 2.05) is 0 Å². The molecule has 3 N–H and O–H groups in total. The molecule has 0 amide bonds. The molecule has 0 spiro atoms. The highest BCUT2D eigenvalue weighted by molar-refractivity contribution is 5.23. The Hall–Kier alpha value is -1.11. The summed E-state index contributed by atoms with van der Waals surface area (Å²) in [7, 11) is 1.64. The van der Waals surface area contributed by atoms with Gasteiger partial charge in [-0.15, -0.1) is 0 Å². The summed E-state index contributed by atoms with van der Waals surface area (Å²) < 4.78 is 39.2. The molecule has 0 bridgehead atoms. The van der Waals surface area contributed by atoms with Crippen LogP contribution in [-0.4, -0.2) is 29.9 Å². The van der Waals surface area contributed by atoms with Gasteiger partial charge in [0.15, 0.2) is 0 Å². The van der Waals surface area contributed by atoms with Crippen LogP contribution in [0.5, 0.6) is 0 Å². The van der Waals surface area contributed by atoms with Crippen molar-refractivity contribution in [1.29, 1.82) is 0 Å². The van der Waals surface area contributed by atoms with E-state index in [1.165, 1.54) is 0 Å². The maximum Gasteiger partial charge on any atom is 0.134 e. The van der Waals surface area contributed by atoms with Crippen LogP contribution in [0.4, 0.5) is 13.2 Å². The van der Waals surface area contributed by atoms with Crippen molar-refractivity contribution in [3.8, 4) is 0 Å². The van der Waals surface area contributed by atoms with Gasteiger partial charge in [0.2, 0.25) is 0 Å². The molecule has 1 aromatic rings. The van der Waals surface area contributed by atoms with Gasteiger partial charge in [0.05, 0.1) is 11.7 Å². The Morgan fingerprint density at radius 1 is 1.18 bits per heavy atom. The van der Waals surface area contributed by atoms with Gasteiger partial charge in [-0.1, -0.05) is 0 Å². The summed E-state index contributed by atoms with van der Waals surface area (Å²) in [6.45, 7) is 0.378. The van der Waals surface area contributed by atoms with Gasteiger partial charge in [-0.25, -0.2) is 13.2 Å². The Balaban J connectivity index is 2.91. The summed E-state index contributed by atoms with van der Waals surface area (Å²) in [6, 6.07) is 0.929. The third kappa shape index (κ3) is 3.42. The minimum Gasteiger partial charge on any atom is -0.390 e. The molecule has 0 radical (unpaired) electrons. The summed E-state index contributed by atoms with van der Waals surface area (Å²) in [5.41, 5.74) is -0.713. The molecule has 0 fully saturated rings. The van der Waals surface area contributed by atoms with Gasteiger partial charge in [0.1, 0.15) is 23.6 Å². The first-order chi connectivity index (χ1) is 7.97. The maximum atomic E-state index is 13.3. The highest BCUT2D eigenvalue weighted by atomic mass is 19.1. The molecule has 0 aliphatic heterocycles. The zero-order valence-corrected chi connectivity index (χ0v) is 9.25. The number of rotatable bonds is 5. The van der Waals surface area contributed by atoms with Crippen molar-refractivity contribution in [2.24, 2.45) is 0 Å². The van der Waals surface area contributed by atoms with Gasteiger partial charge in [0, 0.05) is 12.1 Å². The quantitative estimate of drug-likeness (QED) is 0.732. The van der Waals surface area contributed by atoms with Gasteiger partial charge >= 0.3 is 0 Å². The summed E-state index contributed by atoms with van der Waals surface area (Å²) >= 11 is 0. The average molecular weight is 249 g/mol. The standard InChI is InChI=1S/C11H14F3NO2/c1-15-3-2-9(16)11(17)10-7(13)4-6(12)5-8(10)14/h4-5,9,11,15-17H,2-3H2,1H3. The highest BCUT2D eigenvalue weighted by Crippen LogP contribution is 2.25. The Morgan fingerprint density at radius 3 is 2.18 bits per heavy atom. The Morgan fingerprint density at radius 2 is 1.71 bits per heavy atom. The van der Waals surface area contributed by atoms with Crippen LogP contribution < -0.4 is 5.32 Å². The molecule has 0 heterocycles. The number of nitrogens with one attached hydrogen (secondary N) is 1. The Bertz CT molecular complexity index is 364. The maximum absolute atomic E-state index is 13.3. The monoisotopic (exact) mass is 249 g/mol. The van der Waals surface area contributed by atoms with Gasteiger partial charge in [-0.3, -0.25) is 0 Å². The lowest BCUT2D eigenvalue weighted by Crippen LogP contribution is -2.24. The third-order valence-corrected chi connectivity index (χ3v) is 2.39. The zero-order valence-electron chi connectivity index (χ0n) is 9.25. The number of benzene rings is 1. The number of aliphatic hydroxyl groups excluding tert-OH is 2. The molecule has 96 valence electrons. The van der Waals surface area contributed by atoms with Gasteiger partial charge in [-0.05, 0) is 20.0 Å². The predicted octanol–water partition coefficient (Wildman–Crippen LogP) is 1.11. The SMILES string of the molecule is CNCCC(O)C(O)c1c(F)cc(F)cc1F. The third-order valence-electron chi connectivity index (χ3n) is 2.39. The molecule has 17 heavy (non-hydrogen) atoms. The molecule has 1 aromatic carbocycles. The predicted molar refractivity (Wildman–Crippen MR) is 55.8 cm³/mol. The van der Waals surface area contributed by atoms with Crippen LogP contribution in [-0.2, 0) is 0 Å². The van der Waals surface area contributed by atoms with Gasteiger partial charge in [0.25, 0.3) is 0 Å². The summed E-state index contributed by atoms with van der Waals surface area (Å²) in [4.78, 5) is 0. The number of hydrogen-bond donors (Lipinski definition) is 3. The van der Waals surface area contributed by atoms with E-state index in [4.69, 9.17) is 0 Å². The molecule has 0 saturated heterocycles. The fraction of sp³-hybridized carbons (Fsp3) is 0.455. The second-order valence-electron chi connectivity index (χ2n) is 3.69. The van der Waals surface area contributed by atoms with Crippen LogP contribution in [0.2, 0.25) is 0 Å². The zero-order chi connectivity index (χ0) is 13.0. The Labute approximate surface area is 96.9 Å². The van der Waals surface area contributed by atoms with E-state index in [2.05, 4.69) is 5.32 Å². The summed E-state index contributed by atoms with van der Waals surface area (Å²) in [5.74, 6) is -3.49. The van der Waals surface area contributed by atoms with Crippen LogP contribution in [0.15, 0.2) is 12.1 Å². The van der Waals surface area contributed by atoms with Crippen LogP contribution in [0.3, 0.4) is 0 Å². The van der Waals surface area contributed by atoms with Crippen LogP contribution in [0.25, 0.3) is 0 Å². The van der Waals surface area contributed by atoms with Crippen molar-refractivity contribution in [3.63, 3.8) is 0 Å². The number of hydrogen-bond acceptors (Lipinski definition) is 3. The van der Waals surface area contributed by atoms with Crippen LogP contribution in [0.1, 0.15) is 18.1 Å². The fourth-order valence-corrected chi connectivity index (χ4v) is 1.48. The second-order valence-corrected chi connectivity index (χ2v) is 3.69. The highest BCUT2D eigenvalue weighted by Gasteiger charge is 2.25. The molecule has 0 aliphatic carbocycles. The smallest absolute Gasteiger partial charge is 0.134 e. The first-order valence-electron chi connectivity index (χ1n) is 5.12. The van der Waals surface area contributed by atoms with Crippen molar-refractivity contribution < 1.29 is 23.4 Å². The van der Waals surface area contributed by atoms with Gasteiger partial charge < -0.3 is 15.5 Å². The van der Waals surface area contributed by atoms with Crippen molar-refractivity contribution in [3.05, 3.63) is 35.1 Å². The molecule has 1 rings (SSSR count). The van der Waals surface area contributed by atoms with E-state index in [0.29, 0.717) is 18.7 Å². The topological polar surface area (TPSA) is 52.5 Å². The lowest BCUT2D eigenvalue weighted by Gasteiger charge is -2.19. The minimum absolute atomic E-state index is 0.119.